The summed E-state index contributed by atoms with van der Waals surface area (Å²) in [6.07, 6.45) is 16.1. The number of carbonyl (C=O) groups is 3. The number of likely N-dealkylation sites (tertiary alicyclic amines) is 3. The highest BCUT2D eigenvalue weighted by molar-refractivity contribution is 7.90. The van der Waals surface area contributed by atoms with E-state index in [0.29, 0.717) is 55.6 Å². The minimum atomic E-state index is -3.79. The number of rotatable bonds is 27. The molecule has 3 aliphatic heterocycles. The second-order valence-corrected chi connectivity index (χ2v) is 32.8. The van der Waals surface area contributed by atoms with E-state index in [9.17, 15) is 31.2 Å². The standard InChI is InChI=1S/C31H36N4O3S.C24H30N4O.C21H26N4O2S.C10H12O2/c1-23-10-13-29(14-11-23)39(37,38)35-30-15-12-25(19-27(30)21-33-35)20-28(34-16-6-7-17-34)22-32-31(36)18-24(2)26-8-4-3-5-9-26;1-18(20-7-3-2-4-8-20)13-24(29)25-17-22(28-11-5-6-12-28)15-19-9-10-23-21(14-19)16-26-27-23;1-16-4-7-20(8-5-16)28(26,27)25-21-9-6-17(12-18(21)15-23-25)13-19(14-22)24-10-2-3-11-24;1-8(7-10(11)12)9-5-3-2-4-6-9/h3-5,8-15,19,21,24,28H,6-7,16-18,20,22H2,1-2H3,(H,32,36);2-4,7-10,14,16,18,22H,5-6,11-13,15,17H2,1H3,(H,25,29)(H,26,27);4-9,12,15,19H,2-3,10-11,13-14,22H2,1H3;2-6,8H,7H2,1H3,(H,11,12)/t24-,28-;18-,22-;19-;8-/m0000/s1. The van der Waals surface area contributed by atoms with Crippen LogP contribution < -0.4 is 16.4 Å². The van der Waals surface area contributed by atoms with E-state index >= 15 is 0 Å². The zero-order valence-electron chi connectivity index (χ0n) is 62.8. The summed E-state index contributed by atoms with van der Waals surface area (Å²) in [5.74, 6) is -0.0593. The van der Waals surface area contributed by atoms with Crippen LogP contribution in [0.4, 0.5) is 0 Å². The SMILES string of the molecule is C[C@@H](CC(=O)NC[C@H](Cc1ccc2[nH]ncc2c1)N1CCCC1)c1ccccc1.C[C@@H](CC(=O)O)c1ccccc1.Cc1ccc(S(=O)(=O)n2ncc3cc(C[C@@H](CN)N4CCCC4)ccc32)cc1.Cc1ccc(S(=O)(=O)n2ncc3cc(C[C@@H](CNC(=O)C[C@H](C)c4ccccc4)N4CCCC4)ccc32)cc1. The number of H-pyrrole nitrogens is 1. The number of fused-ring (bicyclic) bond motifs is 3. The van der Waals surface area contributed by atoms with Crippen molar-refractivity contribution in [1.82, 2.24) is 53.9 Å². The molecule has 568 valence electrons. The first-order valence-electron chi connectivity index (χ1n) is 38.0. The molecule has 14 rings (SSSR count). The number of carboxylic acids is 1. The fraction of sp³-hybridized carbons (Fsp3) is 0.372. The van der Waals surface area contributed by atoms with E-state index in [-0.39, 0.29) is 51.8 Å². The molecule has 2 amide bonds. The lowest BCUT2D eigenvalue weighted by molar-refractivity contribution is -0.137. The third-order valence-corrected chi connectivity index (χ3v) is 24.3. The molecule has 3 fully saturated rings. The lowest BCUT2D eigenvalue weighted by atomic mass is 9.97. The van der Waals surface area contributed by atoms with Crippen molar-refractivity contribution in [3.05, 3.63) is 257 Å². The van der Waals surface area contributed by atoms with Gasteiger partial charge in [0, 0.05) is 66.8 Å². The molecule has 6 heterocycles. The van der Waals surface area contributed by atoms with Crippen molar-refractivity contribution >= 4 is 70.5 Å². The van der Waals surface area contributed by atoms with Crippen LogP contribution in [0.5, 0.6) is 0 Å². The summed E-state index contributed by atoms with van der Waals surface area (Å²) in [5.41, 5.74) is 17.2. The van der Waals surface area contributed by atoms with Gasteiger partial charge in [0.1, 0.15) is 0 Å². The third kappa shape index (κ3) is 21.4. The van der Waals surface area contributed by atoms with Gasteiger partial charge in [0.05, 0.1) is 51.4 Å². The average molecular weight is 1500 g/mol. The Kier molecular flexibility index (Phi) is 27.9. The summed E-state index contributed by atoms with van der Waals surface area (Å²) in [7, 11) is -7.50. The Morgan fingerprint density at radius 1 is 0.454 bits per heavy atom. The number of hydrogen-bond acceptors (Lipinski definition) is 14. The molecule has 0 aliphatic carbocycles. The summed E-state index contributed by atoms with van der Waals surface area (Å²) in [6, 6.07) is 62.7. The molecule has 0 bridgehead atoms. The van der Waals surface area contributed by atoms with Crippen LogP contribution in [0, 0.1) is 13.8 Å². The van der Waals surface area contributed by atoms with Crippen molar-refractivity contribution in [1.29, 1.82) is 0 Å². The Morgan fingerprint density at radius 3 is 1.19 bits per heavy atom. The number of hydrogen-bond donors (Lipinski definition) is 5. The van der Waals surface area contributed by atoms with Crippen LogP contribution in [0.1, 0.15) is 141 Å². The molecule has 6 N–H and O–H groups in total. The van der Waals surface area contributed by atoms with Gasteiger partial charge in [-0.25, -0.2) is 0 Å². The van der Waals surface area contributed by atoms with E-state index in [4.69, 9.17) is 10.8 Å². The van der Waals surface area contributed by atoms with Gasteiger partial charge in [-0.3, -0.25) is 34.2 Å². The molecule has 108 heavy (non-hydrogen) atoms. The first kappa shape index (κ1) is 79.4. The molecule has 0 unspecified atom stereocenters. The van der Waals surface area contributed by atoms with E-state index in [1.807, 2.05) is 130 Å². The predicted molar refractivity (Wildman–Crippen MR) is 429 cm³/mol. The summed E-state index contributed by atoms with van der Waals surface area (Å²) >= 11 is 0. The number of nitrogens with zero attached hydrogens (tertiary/aromatic N) is 8. The van der Waals surface area contributed by atoms with Gasteiger partial charge in [-0.1, -0.05) is 165 Å². The molecule has 3 aromatic heterocycles. The lowest BCUT2D eigenvalue weighted by Crippen LogP contribution is -2.44. The van der Waals surface area contributed by atoms with Crippen LogP contribution in [-0.4, -0.2) is 160 Å². The maximum absolute atomic E-state index is 13.2. The van der Waals surface area contributed by atoms with Crippen molar-refractivity contribution in [3.8, 4) is 0 Å². The van der Waals surface area contributed by atoms with Gasteiger partial charge in [0.2, 0.25) is 11.8 Å². The number of nitrogens with two attached hydrogens (primary N) is 1. The van der Waals surface area contributed by atoms with Crippen LogP contribution in [0.25, 0.3) is 32.7 Å². The maximum Gasteiger partial charge on any atom is 0.303 e. The predicted octanol–water partition coefficient (Wildman–Crippen LogP) is 13.6. The van der Waals surface area contributed by atoms with Gasteiger partial charge in [-0.2, -0.15) is 40.3 Å². The molecule has 3 saturated heterocycles. The number of aromatic nitrogens is 6. The van der Waals surface area contributed by atoms with Gasteiger partial charge in [0.15, 0.2) is 0 Å². The maximum atomic E-state index is 13.2. The topological polar surface area (TPSA) is 264 Å². The highest BCUT2D eigenvalue weighted by atomic mass is 32.2. The fourth-order valence-electron chi connectivity index (χ4n) is 14.8. The number of aliphatic carboxylic acids is 1. The number of carbonyl (C=O) groups excluding carboxylic acids is 2. The zero-order valence-corrected chi connectivity index (χ0v) is 64.4. The Balaban J connectivity index is 0.000000152. The molecule has 8 aromatic carbocycles. The van der Waals surface area contributed by atoms with Crippen molar-refractivity contribution in [2.45, 2.75) is 157 Å². The number of aryl methyl sites for hydroxylation is 2. The van der Waals surface area contributed by atoms with Crippen molar-refractivity contribution < 1.29 is 36.3 Å². The monoisotopic (exact) mass is 1500 g/mol. The molecule has 22 heteroatoms. The molecular weight excluding hydrogens is 1390 g/mol. The Bertz CT molecular complexity index is 4940. The van der Waals surface area contributed by atoms with Crippen LogP contribution in [-0.2, 0) is 53.7 Å². The summed E-state index contributed by atoms with van der Waals surface area (Å²) in [4.78, 5) is 43.7. The van der Waals surface area contributed by atoms with Gasteiger partial charge < -0.3 is 21.5 Å². The number of benzene rings is 8. The second-order valence-electron chi connectivity index (χ2n) is 29.3. The lowest BCUT2D eigenvalue weighted by Gasteiger charge is -2.28. The second kappa shape index (κ2) is 37.9. The van der Waals surface area contributed by atoms with Gasteiger partial charge in [0.25, 0.3) is 20.0 Å². The van der Waals surface area contributed by atoms with E-state index in [2.05, 4.69) is 102 Å². The first-order chi connectivity index (χ1) is 52.2. The molecular formula is C86H104N12O8S2. The summed E-state index contributed by atoms with van der Waals surface area (Å²) < 4.78 is 54.7. The zero-order chi connectivity index (χ0) is 76.2. The van der Waals surface area contributed by atoms with E-state index in [0.717, 1.165) is 129 Å². The highest BCUT2D eigenvalue weighted by Crippen LogP contribution is 2.29. The van der Waals surface area contributed by atoms with E-state index in [1.165, 1.54) is 42.4 Å². The quantitative estimate of drug-likeness (QED) is 0.0320. The van der Waals surface area contributed by atoms with E-state index < -0.39 is 26.0 Å². The van der Waals surface area contributed by atoms with Crippen LogP contribution in [0.15, 0.2) is 223 Å². The molecule has 6 atom stereocenters. The Morgan fingerprint density at radius 2 is 0.806 bits per heavy atom. The minimum Gasteiger partial charge on any atom is -0.481 e. The minimum absolute atomic E-state index is 0.0635. The number of aromatic amines is 1. The number of amides is 2. The van der Waals surface area contributed by atoms with Crippen molar-refractivity contribution in [2.24, 2.45) is 5.73 Å². The van der Waals surface area contributed by atoms with Crippen LogP contribution in [0.2, 0.25) is 0 Å². The summed E-state index contributed by atoms with van der Waals surface area (Å²) in [5, 5.41) is 33.2. The molecule has 20 nitrogen and oxygen atoms in total. The molecule has 0 radical (unpaired) electrons. The smallest absolute Gasteiger partial charge is 0.303 e. The average Bonchev–Trinajstić information content (AvgIpc) is 1.63. The van der Waals surface area contributed by atoms with E-state index in [1.54, 1.807) is 60.9 Å². The van der Waals surface area contributed by atoms with Crippen LogP contribution >= 0.6 is 0 Å². The number of carboxylic acid groups (broad SMARTS) is 1. The van der Waals surface area contributed by atoms with Crippen molar-refractivity contribution in [2.75, 3.05) is 58.9 Å². The first-order valence-corrected chi connectivity index (χ1v) is 40.9. The van der Waals surface area contributed by atoms with Gasteiger partial charge in [-0.15, -0.1) is 0 Å². The van der Waals surface area contributed by atoms with Crippen LogP contribution in [0.3, 0.4) is 0 Å². The fourth-order valence-corrected chi connectivity index (χ4v) is 17.3. The van der Waals surface area contributed by atoms with Gasteiger partial charge >= 0.3 is 5.97 Å². The number of nitrogens with one attached hydrogen (secondary N) is 3. The largest absolute Gasteiger partial charge is 0.481 e. The molecule has 3 aliphatic rings. The Hall–Kier alpha value is -9.68. The molecule has 11 aromatic rings. The highest BCUT2D eigenvalue weighted by Gasteiger charge is 2.28. The van der Waals surface area contributed by atoms with Crippen molar-refractivity contribution in [3.63, 3.8) is 0 Å². The normalized spacial score (nSPS) is 15.9. The summed E-state index contributed by atoms with van der Waals surface area (Å²) in [6.45, 7) is 18.4. The molecule has 0 spiro atoms. The molecule has 0 saturated carbocycles. The van der Waals surface area contributed by atoms with Gasteiger partial charge in [-0.05, 0) is 223 Å². The third-order valence-electron chi connectivity index (χ3n) is 21.1. The Labute approximate surface area is 636 Å².